The van der Waals surface area contributed by atoms with Gasteiger partial charge in [0.15, 0.2) is 0 Å². The van der Waals surface area contributed by atoms with Gasteiger partial charge in [0, 0.05) is 13.1 Å². The Hall–Kier alpha value is -1.10. The molecule has 5 nitrogen and oxygen atoms in total. The second-order valence-corrected chi connectivity index (χ2v) is 5.24. The molecular formula is C12H19NO4. The molecule has 0 radical (unpaired) electrons. The number of fused-ring (bicyclic) bond motifs is 1. The molecule has 5 heteroatoms. The van der Waals surface area contributed by atoms with E-state index in [1.54, 1.807) is 0 Å². The lowest BCUT2D eigenvalue weighted by molar-refractivity contribution is -0.151. The third-order valence-electron chi connectivity index (χ3n) is 4.44. The molecule has 1 aliphatic carbocycles. The van der Waals surface area contributed by atoms with Gasteiger partial charge in [-0.2, -0.15) is 0 Å². The minimum absolute atomic E-state index is 0.133. The van der Waals surface area contributed by atoms with Gasteiger partial charge in [-0.1, -0.05) is 13.3 Å². The average molecular weight is 241 g/mol. The van der Waals surface area contributed by atoms with Gasteiger partial charge >= 0.3 is 11.9 Å². The van der Waals surface area contributed by atoms with Crippen molar-refractivity contribution in [2.45, 2.75) is 38.6 Å². The van der Waals surface area contributed by atoms with Crippen LogP contribution in [0.1, 0.15) is 32.6 Å². The van der Waals surface area contributed by atoms with Gasteiger partial charge in [-0.3, -0.25) is 14.5 Å². The maximum absolute atomic E-state index is 11.5. The molecule has 2 rings (SSSR count). The topological polar surface area (TPSA) is 77.8 Å². The van der Waals surface area contributed by atoms with Gasteiger partial charge in [-0.25, -0.2) is 0 Å². The smallest absolute Gasteiger partial charge is 0.320 e. The first-order valence-corrected chi connectivity index (χ1v) is 6.21. The number of carboxylic acid groups (broad SMARTS) is 2. The van der Waals surface area contributed by atoms with E-state index in [0.29, 0.717) is 25.9 Å². The number of hydrogen-bond acceptors (Lipinski definition) is 3. The van der Waals surface area contributed by atoms with Crippen molar-refractivity contribution in [1.29, 1.82) is 0 Å². The van der Waals surface area contributed by atoms with E-state index in [2.05, 4.69) is 0 Å². The standard InChI is InChI=1S/C12H19NO4/c1-2-9(10(14)15)13-6-8-4-3-5-12(8,7-13)11(16)17/h8-9H,2-7H2,1H3,(H,14,15)(H,16,17)/t8-,9?,12+/m0/s1. The molecule has 2 N–H and O–H groups in total. The molecule has 1 unspecified atom stereocenters. The number of hydrogen-bond donors (Lipinski definition) is 2. The summed E-state index contributed by atoms with van der Waals surface area (Å²) in [6.07, 6.45) is 3.09. The SMILES string of the molecule is CCC(C(=O)O)N1C[C@@H]2CCC[C@@]2(C(=O)O)C1. The quantitative estimate of drug-likeness (QED) is 0.768. The van der Waals surface area contributed by atoms with Gasteiger partial charge in [-0.15, -0.1) is 0 Å². The van der Waals surface area contributed by atoms with E-state index in [1.807, 2.05) is 11.8 Å². The molecule has 0 aromatic carbocycles. The number of aliphatic carboxylic acids is 2. The summed E-state index contributed by atoms with van der Waals surface area (Å²) in [6, 6.07) is -0.531. The summed E-state index contributed by atoms with van der Waals surface area (Å²) < 4.78 is 0. The van der Waals surface area contributed by atoms with Crippen LogP contribution in [0, 0.1) is 11.3 Å². The fraction of sp³-hybridized carbons (Fsp3) is 0.833. The van der Waals surface area contributed by atoms with Crippen molar-refractivity contribution in [3.05, 3.63) is 0 Å². The third-order valence-corrected chi connectivity index (χ3v) is 4.44. The lowest BCUT2D eigenvalue weighted by atomic mass is 9.81. The molecule has 0 bridgehead atoms. The summed E-state index contributed by atoms with van der Waals surface area (Å²) in [5.74, 6) is -1.45. The second kappa shape index (κ2) is 4.29. The van der Waals surface area contributed by atoms with Crippen LogP contribution in [0.2, 0.25) is 0 Å². The zero-order valence-electron chi connectivity index (χ0n) is 10.1. The van der Waals surface area contributed by atoms with Crippen LogP contribution in [0.4, 0.5) is 0 Å². The number of rotatable bonds is 4. The van der Waals surface area contributed by atoms with E-state index in [9.17, 15) is 14.7 Å². The number of carboxylic acids is 2. The lowest BCUT2D eigenvalue weighted by Crippen LogP contribution is -2.42. The summed E-state index contributed by atoms with van der Waals surface area (Å²) in [6.45, 7) is 2.86. The van der Waals surface area contributed by atoms with Crippen LogP contribution in [0.3, 0.4) is 0 Å². The summed E-state index contributed by atoms with van der Waals surface area (Å²) in [5, 5.41) is 18.5. The molecule has 1 saturated carbocycles. The van der Waals surface area contributed by atoms with Crippen molar-refractivity contribution in [1.82, 2.24) is 4.90 Å². The van der Waals surface area contributed by atoms with Crippen molar-refractivity contribution in [3.8, 4) is 0 Å². The first-order valence-electron chi connectivity index (χ1n) is 6.21. The molecule has 2 aliphatic rings. The first-order chi connectivity index (χ1) is 8.01. The highest BCUT2D eigenvalue weighted by Gasteiger charge is 2.56. The lowest BCUT2D eigenvalue weighted by Gasteiger charge is -2.26. The summed E-state index contributed by atoms with van der Waals surface area (Å²) in [4.78, 5) is 24.4. The molecule has 0 spiro atoms. The van der Waals surface area contributed by atoms with Crippen molar-refractivity contribution in [2.24, 2.45) is 11.3 Å². The fourth-order valence-corrected chi connectivity index (χ4v) is 3.50. The van der Waals surface area contributed by atoms with Crippen molar-refractivity contribution in [2.75, 3.05) is 13.1 Å². The van der Waals surface area contributed by atoms with Crippen LogP contribution < -0.4 is 0 Å². The predicted octanol–water partition coefficient (Wildman–Crippen LogP) is 1.04. The normalized spacial score (nSPS) is 34.5. The Morgan fingerprint density at radius 1 is 1.47 bits per heavy atom. The van der Waals surface area contributed by atoms with E-state index in [4.69, 9.17) is 5.11 Å². The second-order valence-electron chi connectivity index (χ2n) is 5.24. The zero-order valence-corrected chi connectivity index (χ0v) is 10.1. The van der Waals surface area contributed by atoms with E-state index in [1.165, 1.54) is 0 Å². The highest BCUT2D eigenvalue weighted by atomic mass is 16.4. The Kier molecular flexibility index (Phi) is 3.12. The number of carbonyl (C=O) groups is 2. The van der Waals surface area contributed by atoms with E-state index >= 15 is 0 Å². The monoisotopic (exact) mass is 241 g/mol. The zero-order chi connectivity index (χ0) is 12.6. The van der Waals surface area contributed by atoms with Crippen molar-refractivity contribution >= 4 is 11.9 Å². The minimum atomic E-state index is -0.840. The van der Waals surface area contributed by atoms with E-state index < -0.39 is 23.4 Å². The summed E-state index contributed by atoms with van der Waals surface area (Å²) in [5.41, 5.74) is -0.678. The molecular weight excluding hydrogens is 222 g/mol. The van der Waals surface area contributed by atoms with Crippen LogP contribution in [-0.4, -0.2) is 46.2 Å². The van der Waals surface area contributed by atoms with Crippen molar-refractivity contribution < 1.29 is 19.8 Å². The highest BCUT2D eigenvalue weighted by molar-refractivity contribution is 5.77. The minimum Gasteiger partial charge on any atom is -0.481 e. The molecule has 3 atom stereocenters. The molecule has 1 aliphatic heterocycles. The van der Waals surface area contributed by atoms with Gasteiger partial charge in [0.1, 0.15) is 6.04 Å². The Labute approximate surface area is 100 Å². The van der Waals surface area contributed by atoms with Crippen LogP contribution in [0.5, 0.6) is 0 Å². The van der Waals surface area contributed by atoms with Crippen LogP contribution in [0.15, 0.2) is 0 Å². The maximum atomic E-state index is 11.5. The Bertz CT molecular complexity index is 343. The van der Waals surface area contributed by atoms with Crippen LogP contribution in [-0.2, 0) is 9.59 Å². The highest BCUT2D eigenvalue weighted by Crippen LogP contribution is 2.49. The summed E-state index contributed by atoms with van der Waals surface area (Å²) in [7, 11) is 0. The van der Waals surface area contributed by atoms with Crippen LogP contribution >= 0.6 is 0 Å². The number of nitrogens with zero attached hydrogens (tertiary/aromatic N) is 1. The Balaban J connectivity index is 2.17. The molecule has 17 heavy (non-hydrogen) atoms. The van der Waals surface area contributed by atoms with Gasteiger partial charge in [-0.05, 0) is 25.2 Å². The molecule has 1 heterocycles. The predicted molar refractivity (Wildman–Crippen MR) is 60.7 cm³/mol. The van der Waals surface area contributed by atoms with Gasteiger partial charge in [0.2, 0.25) is 0 Å². The molecule has 96 valence electrons. The fourth-order valence-electron chi connectivity index (χ4n) is 3.50. The number of likely N-dealkylation sites (tertiary alicyclic amines) is 1. The molecule has 2 fully saturated rings. The van der Waals surface area contributed by atoms with Crippen molar-refractivity contribution in [3.63, 3.8) is 0 Å². The van der Waals surface area contributed by atoms with E-state index in [0.717, 1.165) is 12.8 Å². The van der Waals surface area contributed by atoms with Gasteiger partial charge < -0.3 is 10.2 Å². The Morgan fingerprint density at radius 3 is 2.65 bits per heavy atom. The molecule has 1 saturated heterocycles. The van der Waals surface area contributed by atoms with E-state index in [-0.39, 0.29) is 5.92 Å². The average Bonchev–Trinajstić information content (AvgIpc) is 2.74. The third kappa shape index (κ3) is 1.82. The molecule has 0 amide bonds. The molecule has 0 aromatic heterocycles. The van der Waals surface area contributed by atoms with Gasteiger partial charge in [0.05, 0.1) is 5.41 Å². The Morgan fingerprint density at radius 2 is 2.18 bits per heavy atom. The first kappa shape index (κ1) is 12.4. The van der Waals surface area contributed by atoms with Gasteiger partial charge in [0.25, 0.3) is 0 Å². The molecule has 0 aromatic rings. The largest absolute Gasteiger partial charge is 0.481 e. The van der Waals surface area contributed by atoms with Crippen LogP contribution in [0.25, 0.3) is 0 Å². The summed E-state index contributed by atoms with van der Waals surface area (Å²) >= 11 is 0. The maximum Gasteiger partial charge on any atom is 0.320 e.